The topological polar surface area (TPSA) is 83.4 Å². The van der Waals surface area contributed by atoms with Crippen molar-refractivity contribution in [1.29, 1.82) is 0 Å². The predicted octanol–water partition coefficient (Wildman–Crippen LogP) is -2.05. The molecule has 0 unspecified atom stereocenters. The molecule has 0 aliphatic carbocycles. The molecule has 2 aromatic rings. The summed E-state index contributed by atoms with van der Waals surface area (Å²) >= 11 is 0. The van der Waals surface area contributed by atoms with Gasteiger partial charge < -0.3 is 9.79 Å². The Balaban J connectivity index is 0.00000242. The SMILES string of the molecule is Cc1cc(C)c(C(=O)c2ccccc2[P+]([O-])([O-])O)c(C)c1.[Na+]. The van der Waals surface area contributed by atoms with Crippen LogP contribution in [0, 0.1) is 20.8 Å². The second-order valence-corrected chi connectivity index (χ2v) is 6.66. The van der Waals surface area contributed by atoms with Gasteiger partial charge in [-0.05, 0) is 44.0 Å². The van der Waals surface area contributed by atoms with Crippen LogP contribution in [0.3, 0.4) is 0 Å². The predicted molar refractivity (Wildman–Crippen MR) is 79.3 cm³/mol. The summed E-state index contributed by atoms with van der Waals surface area (Å²) in [6, 6.07) is 9.45. The fourth-order valence-electron chi connectivity index (χ4n) is 2.58. The van der Waals surface area contributed by atoms with Gasteiger partial charge in [0, 0.05) is 5.56 Å². The molecule has 0 heterocycles. The largest absolute Gasteiger partial charge is 1.00 e. The van der Waals surface area contributed by atoms with Gasteiger partial charge >= 0.3 is 29.6 Å². The van der Waals surface area contributed by atoms with Crippen LogP contribution < -0.4 is 44.6 Å². The van der Waals surface area contributed by atoms with Gasteiger partial charge in [0.1, 0.15) is 5.30 Å². The van der Waals surface area contributed by atoms with E-state index < -0.39 is 13.7 Å². The number of hydrogen-bond donors (Lipinski definition) is 1. The van der Waals surface area contributed by atoms with Crippen molar-refractivity contribution in [2.45, 2.75) is 20.8 Å². The van der Waals surface area contributed by atoms with Crippen LogP contribution in [0.15, 0.2) is 36.4 Å². The van der Waals surface area contributed by atoms with Crippen molar-refractivity contribution in [3.05, 3.63) is 64.2 Å². The minimum absolute atomic E-state index is 0. The standard InChI is InChI=1S/C16H17O4P.Na/c1-10-8-11(2)15(12(3)9-10)16(17)13-6-4-5-7-14(13)21(18,19)20;/h4-9H,1-3H3,(H2,18,19,20);/q;+1/p-1. The van der Waals surface area contributed by atoms with E-state index >= 15 is 0 Å². The first-order chi connectivity index (χ1) is 9.71. The van der Waals surface area contributed by atoms with Crippen molar-refractivity contribution >= 4 is 19.0 Å². The molecule has 0 radical (unpaired) electrons. The normalized spacial score (nSPS) is 11.0. The summed E-state index contributed by atoms with van der Waals surface area (Å²) in [5, 5.41) is -0.339. The van der Waals surface area contributed by atoms with E-state index in [1.807, 2.05) is 32.9 Å². The molecule has 2 rings (SSSR count). The monoisotopic (exact) mass is 326 g/mol. The Bertz CT molecular complexity index is 685. The molecule has 0 atom stereocenters. The van der Waals surface area contributed by atoms with Gasteiger partial charge in [-0.3, -0.25) is 9.69 Å². The van der Waals surface area contributed by atoms with E-state index in [1.54, 1.807) is 6.07 Å². The van der Waals surface area contributed by atoms with Gasteiger partial charge in [0.25, 0.3) is 0 Å². The molecule has 0 amide bonds. The van der Waals surface area contributed by atoms with Crippen LogP contribution >= 0.6 is 7.94 Å². The third-order valence-corrected chi connectivity index (χ3v) is 4.36. The zero-order valence-electron chi connectivity index (χ0n) is 13.1. The average Bonchev–Trinajstić information content (AvgIpc) is 2.36. The van der Waals surface area contributed by atoms with E-state index in [9.17, 15) is 19.5 Å². The molecule has 1 N–H and O–H groups in total. The maximum Gasteiger partial charge on any atom is 1.00 e. The van der Waals surface area contributed by atoms with Gasteiger partial charge in [-0.15, -0.1) is 0 Å². The van der Waals surface area contributed by atoms with Crippen LogP contribution in [-0.4, -0.2) is 10.7 Å². The molecule has 6 heteroatoms. The molecule has 0 spiro atoms. The molecular formula is C16H16NaO4P. The van der Waals surface area contributed by atoms with Crippen LogP contribution in [0.1, 0.15) is 32.6 Å². The maximum atomic E-state index is 12.7. The summed E-state index contributed by atoms with van der Waals surface area (Å²) in [7, 11) is -4.74. The minimum Gasteiger partial charge on any atom is -0.655 e. The van der Waals surface area contributed by atoms with Crippen molar-refractivity contribution < 1.29 is 49.0 Å². The van der Waals surface area contributed by atoms with Crippen LogP contribution in [0.5, 0.6) is 0 Å². The molecule has 0 saturated heterocycles. The number of carbonyl (C=O) groups excluding carboxylic acids is 1. The van der Waals surface area contributed by atoms with E-state index in [4.69, 9.17) is 0 Å². The zero-order valence-corrected chi connectivity index (χ0v) is 16.0. The van der Waals surface area contributed by atoms with Crippen LogP contribution in [-0.2, 0) is 0 Å². The average molecular weight is 326 g/mol. The molecule has 0 aliphatic heterocycles. The molecule has 0 aliphatic rings. The van der Waals surface area contributed by atoms with Crippen LogP contribution in [0.2, 0.25) is 0 Å². The van der Waals surface area contributed by atoms with Crippen molar-refractivity contribution in [2.24, 2.45) is 0 Å². The summed E-state index contributed by atoms with van der Waals surface area (Å²) in [5.41, 5.74) is 3.07. The van der Waals surface area contributed by atoms with Gasteiger partial charge in [0.15, 0.2) is 5.78 Å². The van der Waals surface area contributed by atoms with Crippen molar-refractivity contribution in [1.82, 2.24) is 0 Å². The number of ketones is 1. The summed E-state index contributed by atoms with van der Waals surface area (Å²) < 4.78 is 0. The van der Waals surface area contributed by atoms with E-state index in [0.29, 0.717) is 5.56 Å². The first kappa shape index (κ1) is 19.5. The zero-order chi connectivity index (χ0) is 15.8. The van der Waals surface area contributed by atoms with Crippen molar-refractivity contribution in [3.63, 3.8) is 0 Å². The Hall–Kier alpha value is -0.580. The van der Waals surface area contributed by atoms with Gasteiger partial charge in [-0.25, -0.2) is 0 Å². The number of benzene rings is 2. The summed E-state index contributed by atoms with van der Waals surface area (Å²) in [5.74, 6) is -0.397. The Morgan fingerprint density at radius 2 is 1.55 bits per heavy atom. The number of rotatable bonds is 3. The van der Waals surface area contributed by atoms with Crippen molar-refractivity contribution in [2.75, 3.05) is 0 Å². The molecule has 110 valence electrons. The summed E-state index contributed by atoms with van der Waals surface area (Å²) in [6.07, 6.45) is 0. The molecule has 22 heavy (non-hydrogen) atoms. The number of aryl methyl sites for hydroxylation is 3. The smallest absolute Gasteiger partial charge is 0.655 e. The van der Waals surface area contributed by atoms with Gasteiger partial charge in [0.05, 0.1) is 13.5 Å². The van der Waals surface area contributed by atoms with E-state index in [2.05, 4.69) is 0 Å². The van der Waals surface area contributed by atoms with Crippen LogP contribution in [0.4, 0.5) is 0 Å². The molecule has 2 aromatic carbocycles. The second kappa shape index (κ2) is 7.33. The molecule has 0 fully saturated rings. The first-order valence-corrected chi connectivity index (χ1v) is 8.05. The Labute approximate surface area is 152 Å². The molecule has 0 saturated carbocycles. The quantitative estimate of drug-likeness (QED) is 0.400. The van der Waals surface area contributed by atoms with E-state index in [1.165, 1.54) is 18.2 Å². The van der Waals surface area contributed by atoms with Gasteiger partial charge in [-0.1, -0.05) is 29.8 Å². The molecular weight excluding hydrogens is 310 g/mol. The fraction of sp³-hybridized carbons (Fsp3) is 0.188. The van der Waals surface area contributed by atoms with Crippen LogP contribution in [0.25, 0.3) is 0 Å². The fourth-order valence-corrected chi connectivity index (χ4v) is 3.34. The molecule has 0 aromatic heterocycles. The Morgan fingerprint density at radius 3 is 2.05 bits per heavy atom. The first-order valence-electron chi connectivity index (χ1n) is 6.47. The number of hydrogen-bond acceptors (Lipinski definition) is 4. The summed E-state index contributed by atoms with van der Waals surface area (Å²) in [4.78, 5) is 44.9. The Morgan fingerprint density at radius 1 is 1.05 bits per heavy atom. The third-order valence-electron chi connectivity index (χ3n) is 3.36. The van der Waals surface area contributed by atoms with E-state index in [0.717, 1.165) is 16.7 Å². The second-order valence-electron chi connectivity index (χ2n) is 5.14. The molecule has 4 nitrogen and oxygen atoms in total. The van der Waals surface area contributed by atoms with Gasteiger partial charge in [-0.2, -0.15) is 0 Å². The summed E-state index contributed by atoms with van der Waals surface area (Å²) in [6.45, 7) is 5.55. The van der Waals surface area contributed by atoms with Gasteiger partial charge in [0.2, 0.25) is 0 Å². The third kappa shape index (κ3) is 4.03. The Kier molecular flexibility index (Phi) is 6.48. The maximum absolute atomic E-state index is 12.7. The number of carbonyl (C=O) groups is 1. The molecule has 0 bridgehead atoms. The van der Waals surface area contributed by atoms with Crippen molar-refractivity contribution in [3.8, 4) is 0 Å². The van der Waals surface area contributed by atoms with E-state index in [-0.39, 0.29) is 40.4 Å². The minimum atomic E-state index is -4.74.